The number of hydrogen-bond acceptors (Lipinski definition) is 7. The number of rotatable bonds is 31. The molecule has 0 aliphatic heterocycles. The zero-order valence-corrected chi connectivity index (χ0v) is 26.4. The molecule has 1 aromatic rings. The van der Waals surface area contributed by atoms with Crippen LogP contribution in [-0.2, 0) is 23.7 Å². The highest BCUT2D eigenvalue weighted by atomic mass is 16.6. The average Bonchev–Trinajstić information content (AvgIpc) is 2.99. The summed E-state index contributed by atoms with van der Waals surface area (Å²) in [5.41, 5.74) is 1.55. The highest BCUT2D eigenvalue weighted by Gasteiger charge is 2.06. The van der Waals surface area contributed by atoms with Gasteiger partial charge in [-0.2, -0.15) is 0 Å². The fourth-order valence-electron chi connectivity index (χ4n) is 4.39. The van der Waals surface area contributed by atoms with Gasteiger partial charge in [0.15, 0.2) is 0 Å². The molecule has 0 spiro atoms. The molecule has 0 aliphatic rings. The summed E-state index contributed by atoms with van der Waals surface area (Å²) in [6.07, 6.45) is 20.0. The Morgan fingerprint density at radius 3 is 1.41 bits per heavy atom. The zero-order valence-electron chi connectivity index (χ0n) is 26.4. The molecular weight excluding hydrogens is 518 g/mol. The van der Waals surface area contributed by atoms with Crippen molar-refractivity contribution in [1.82, 2.24) is 0 Å². The van der Waals surface area contributed by atoms with Crippen molar-refractivity contribution in [2.75, 3.05) is 71.3 Å². The molecule has 0 fully saturated rings. The van der Waals surface area contributed by atoms with Crippen LogP contribution in [0.3, 0.4) is 0 Å². The number of anilines is 1. The van der Waals surface area contributed by atoms with E-state index in [1.54, 1.807) is 12.1 Å². The highest BCUT2D eigenvalue weighted by Crippen LogP contribution is 2.13. The predicted octanol–water partition coefficient (Wildman–Crippen LogP) is 8.21. The van der Waals surface area contributed by atoms with Crippen LogP contribution in [0, 0.1) is 0 Å². The Morgan fingerprint density at radius 1 is 0.512 bits per heavy atom. The van der Waals surface area contributed by atoms with E-state index in [1.807, 2.05) is 12.1 Å². The van der Waals surface area contributed by atoms with Crippen molar-refractivity contribution in [3.63, 3.8) is 0 Å². The molecule has 0 saturated carbocycles. The van der Waals surface area contributed by atoms with Gasteiger partial charge < -0.3 is 29.0 Å². The van der Waals surface area contributed by atoms with Crippen LogP contribution >= 0.6 is 0 Å². The van der Waals surface area contributed by atoms with Crippen LogP contribution < -0.4 is 5.32 Å². The fraction of sp³-hybridized carbons (Fsp3) is 0.794. The van der Waals surface area contributed by atoms with E-state index in [9.17, 15) is 4.79 Å². The van der Waals surface area contributed by atoms with Crippen LogP contribution in [0.4, 0.5) is 5.69 Å². The third kappa shape index (κ3) is 24.6. The maximum Gasteiger partial charge on any atom is 0.338 e. The molecule has 238 valence electrons. The van der Waals surface area contributed by atoms with Gasteiger partial charge in [-0.15, -0.1) is 0 Å². The Kier molecular flexibility index (Phi) is 27.2. The van der Waals surface area contributed by atoms with Crippen LogP contribution in [0.25, 0.3) is 0 Å². The Labute approximate surface area is 251 Å². The van der Waals surface area contributed by atoms with Crippen molar-refractivity contribution in [1.29, 1.82) is 0 Å². The quantitative estimate of drug-likeness (QED) is 0.0702. The summed E-state index contributed by atoms with van der Waals surface area (Å²) >= 11 is 0. The molecule has 0 atom stereocenters. The van der Waals surface area contributed by atoms with Crippen molar-refractivity contribution < 1.29 is 28.5 Å². The van der Waals surface area contributed by atoms with Crippen LogP contribution in [-0.4, -0.2) is 72.0 Å². The molecule has 41 heavy (non-hydrogen) atoms. The Morgan fingerprint density at radius 2 is 0.927 bits per heavy atom. The maximum atomic E-state index is 12.1. The highest BCUT2D eigenvalue weighted by molar-refractivity contribution is 5.89. The van der Waals surface area contributed by atoms with Gasteiger partial charge in [0.2, 0.25) is 0 Å². The van der Waals surface area contributed by atoms with Crippen molar-refractivity contribution in [3.05, 3.63) is 29.8 Å². The first-order valence-corrected chi connectivity index (χ1v) is 16.6. The van der Waals surface area contributed by atoms with E-state index >= 15 is 0 Å². The van der Waals surface area contributed by atoms with Crippen molar-refractivity contribution >= 4 is 11.7 Å². The first-order valence-electron chi connectivity index (χ1n) is 16.6. The number of unbranched alkanes of at least 4 members (excludes halogenated alkanes) is 13. The molecule has 0 saturated heterocycles. The minimum Gasteiger partial charge on any atom is -0.460 e. The minimum atomic E-state index is -0.338. The molecule has 0 unspecified atom stereocenters. The van der Waals surface area contributed by atoms with Crippen LogP contribution in [0.15, 0.2) is 24.3 Å². The third-order valence-electron chi connectivity index (χ3n) is 6.95. The van der Waals surface area contributed by atoms with Gasteiger partial charge in [0.25, 0.3) is 0 Å². The standard InChI is InChI=1S/C34H61NO6/c1-3-5-7-8-9-10-11-12-13-14-15-16-17-23-37-24-25-38-26-27-39-28-29-40-30-31-41-34(36)32-18-20-33(21-19-32)35-22-6-4-2/h18-21,35H,3-17,22-31H2,1-2H3. The topological polar surface area (TPSA) is 75.2 Å². The average molecular weight is 580 g/mol. The number of nitrogens with one attached hydrogen (secondary N) is 1. The summed E-state index contributed by atoms with van der Waals surface area (Å²) < 4.78 is 27.4. The summed E-state index contributed by atoms with van der Waals surface area (Å²) in [6.45, 7) is 10.0. The lowest BCUT2D eigenvalue weighted by Crippen LogP contribution is -2.14. The van der Waals surface area contributed by atoms with Crippen LogP contribution in [0.1, 0.15) is 121 Å². The monoisotopic (exact) mass is 579 g/mol. The first kappa shape index (κ1) is 37.4. The summed E-state index contributed by atoms with van der Waals surface area (Å²) in [5.74, 6) is -0.338. The SMILES string of the molecule is CCCCCCCCCCCCCCCOCCOCCOCCOCCOC(=O)c1ccc(NCCCC)cc1. The van der Waals surface area contributed by atoms with Gasteiger partial charge in [-0.25, -0.2) is 4.79 Å². The molecule has 0 heterocycles. The normalized spacial score (nSPS) is 11.2. The largest absolute Gasteiger partial charge is 0.460 e. The predicted molar refractivity (Wildman–Crippen MR) is 169 cm³/mol. The zero-order chi connectivity index (χ0) is 29.5. The fourth-order valence-corrected chi connectivity index (χ4v) is 4.39. The van der Waals surface area contributed by atoms with E-state index in [0.717, 1.165) is 38.1 Å². The molecule has 1 aromatic carbocycles. The van der Waals surface area contributed by atoms with Crippen molar-refractivity contribution in [2.45, 2.75) is 110 Å². The number of carbonyl (C=O) groups excluding carboxylic acids is 1. The van der Waals surface area contributed by atoms with E-state index in [-0.39, 0.29) is 12.6 Å². The second-order valence-corrected chi connectivity index (χ2v) is 10.7. The van der Waals surface area contributed by atoms with Crippen molar-refractivity contribution in [3.8, 4) is 0 Å². The van der Waals surface area contributed by atoms with E-state index in [0.29, 0.717) is 51.8 Å². The molecular formula is C34H61NO6. The Hall–Kier alpha value is -1.67. The third-order valence-corrected chi connectivity index (χ3v) is 6.95. The van der Waals surface area contributed by atoms with E-state index in [4.69, 9.17) is 23.7 Å². The number of esters is 1. The second-order valence-electron chi connectivity index (χ2n) is 10.7. The molecule has 1 N–H and O–H groups in total. The van der Waals surface area contributed by atoms with Crippen LogP contribution in [0.5, 0.6) is 0 Å². The molecule has 7 heteroatoms. The smallest absolute Gasteiger partial charge is 0.338 e. The summed E-state index contributed by atoms with van der Waals surface area (Å²) in [7, 11) is 0. The van der Waals surface area contributed by atoms with Gasteiger partial charge in [-0.05, 0) is 37.1 Å². The van der Waals surface area contributed by atoms with Crippen molar-refractivity contribution in [2.24, 2.45) is 0 Å². The lowest BCUT2D eigenvalue weighted by molar-refractivity contribution is -0.00913. The first-order chi connectivity index (χ1) is 20.3. The number of benzene rings is 1. The van der Waals surface area contributed by atoms with Gasteiger partial charge in [0.05, 0.1) is 51.8 Å². The summed E-state index contributed by atoms with van der Waals surface area (Å²) in [4.78, 5) is 12.1. The summed E-state index contributed by atoms with van der Waals surface area (Å²) in [6, 6.07) is 7.36. The lowest BCUT2D eigenvalue weighted by atomic mass is 10.0. The molecule has 0 amide bonds. The van der Waals surface area contributed by atoms with E-state index in [1.165, 1.54) is 77.0 Å². The molecule has 0 radical (unpaired) electrons. The van der Waals surface area contributed by atoms with Gasteiger partial charge in [0, 0.05) is 18.8 Å². The van der Waals surface area contributed by atoms with Gasteiger partial charge in [0.1, 0.15) is 6.61 Å². The van der Waals surface area contributed by atoms with E-state index in [2.05, 4.69) is 19.2 Å². The molecule has 0 aromatic heterocycles. The Bertz CT molecular complexity index is 684. The number of carbonyl (C=O) groups is 1. The van der Waals surface area contributed by atoms with Gasteiger partial charge in [-0.3, -0.25) is 0 Å². The molecule has 0 bridgehead atoms. The van der Waals surface area contributed by atoms with Crippen LogP contribution in [0.2, 0.25) is 0 Å². The second kappa shape index (κ2) is 29.8. The van der Waals surface area contributed by atoms with Gasteiger partial charge >= 0.3 is 5.97 Å². The molecule has 0 aliphatic carbocycles. The molecule has 7 nitrogen and oxygen atoms in total. The van der Waals surface area contributed by atoms with E-state index < -0.39 is 0 Å². The lowest BCUT2D eigenvalue weighted by Gasteiger charge is -2.09. The van der Waals surface area contributed by atoms with Gasteiger partial charge in [-0.1, -0.05) is 97.3 Å². The maximum absolute atomic E-state index is 12.1. The number of hydrogen-bond donors (Lipinski definition) is 1. The molecule has 1 rings (SSSR count). The Balaban J connectivity index is 1.75. The minimum absolute atomic E-state index is 0.220. The summed E-state index contributed by atoms with van der Waals surface area (Å²) in [5, 5.41) is 3.33. The number of ether oxygens (including phenoxy) is 5.